The highest BCUT2D eigenvalue weighted by atomic mass is 35.5. The normalized spacial score (nSPS) is 10.8. The van der Waals surface area contributed by atoms with Gasteiger partial charge in [-0.1, -0.05) is 48.0 Å². The third-order valence-electron chi connectivity index (χ3n) is 2.52. The Morgan fingerprint density at radius 2 is 1.95 bits per heavy atom. The van der Waals surface area contributed by atoms with Crippen molar-refractivity contribution in [3.8, 4) is 0 Å². The number of hydrogen-bond acceptors (Lipinski definition) is 3. The van der Waals surface area contributed by atoms with Crippen LogP contribution in [0.5, 0.6) is 0 Å². The zero-order chi connectivity index (χ0) is 13.7. The maximum atomic E-state index is 10.7. The Kier molecular flexibility index (Phi) is 4.26. The van der Waals surface area contributed by atoms with Gasteiger partial charge in [-0.15, -0.1) is 0 Å². The first-order valence-corrected chi connectivity index (χ1v) is 6.02. The maximum Gasteiger partial charge on any atom is 0.288 e. The Morgan fingerprint density at radius 1 is 1.21 bits per heavy atom. The van der Waals surface area contributed by atoms with Gasteiger partial charge in [0.2, 0.25) is 0 Å². The lowest BCUT2D eigenvalue weighted by molar-refractivity contribution is -0.384. The van der Waals surface area contributed by atoms with E-state index in [2.05, 4.69) is 4.99 Å². The summed E-state index contributed by atoms with van der Waals surface area (Å²) >= 11 is 5.73. The standard InChI is InChI=1S/C14H11ClN2O2/c15-13-7-6-12(8-14(13)17(18)19)10-16-9-11-4-2-1-3-5-11/h1-8,10H,9H2. The molecule has 0 aliphatic heterocycles. The zero-order valence-corrected chi connectivity index (χ0v) is 10.7. The molecule has 0 radical (unpaired) electrons. The average Bonchev–Trinajstić information content (AvgIpc) is 2.41. The molecule has 0 fully saturated rings. The Labute approximate surface area is 115 Å². The van der Waals surface area contributed by atoms with E-state index in [4.69, 9.17) is 11.6 Å². The second kappa shape index (κ2) is 6.11. The van der Waals surface area contributed by atoms with E-state index in [1.54, 1.807) is 12.3 Å². The largest absolute Gasteiger partial charge is 0.288 e. The van der Waals surface area contributed by atoms with E-state index in [0.717, 1.165) is 5.56 Å². The molecule has 0 unspecified atom stereocenters. The van der Waals surface area contributed by atoms with E-state index in [0.29, 0.717) is 12.1 Å². The highest BCUT2D eigenvalue weighted by molar-refractivity contribution is 6.32. The third-order valence-corrected chi connectivity index (χ3v) is 2.84. The molecule has 0 bridgehead atoms. The predicted molar refractivity (Wildman–Crippen MR) is 75.8 cm³/mol. The van der Waals surface area contributed by atoms with Crippen LogP contribution < -0.4 is 0 Å². The lowest BCUT2D eigenvalue weighted by Crippen LogP contribution is -1.91. The zero-order valence-electron chi connectivity index (χ0n) is 9.99. The Balaban J connectivity index is 2.11. The maximum absolute atomic E-state index is 10.7. The van der Waals surface area contributed by atoms with Crippen molar-refractivity contribution >= 4 is 23.5 Å². The van der Waals surface area contributed by atoms with E-state index >= 15 is 0 Å². The molecule has 0 saturated heterocycles. The van der Waals surface area contributed by atoms with Gasteiger partial charge in [0.05, 0.1) is 11.5 Å². The lowest BCUT2D eigenvalue weighted by Gasteiger charge is -1.98. The number of halogens is 1. The molecule has 0 aliphatic rings. The summed E-state index contributed by atoms with van der Waals surface area (Å²) in [6, 6.07) is 14.4. The summed E-state index contributed by atoms with van der Waals surface area (Å²) in [5.41, 5.74) is 1.64. The van der Waals surface area contributed by atoms with Crippen molar-refractivity contribution in [1.82, 2.24) is 0 Å². The Bertz CT molecular complexity index is 612. The topological polar surface area (TPSA) is 55.5 Å². The summed E-state index contributed by atoms with van der Waals surface area (Å²) in [6.07, 6.45) is 1.61. The molecule has 4 nitrogen and oxygen atoms in total. The van der Waals surface area contributed by atoms with Crippen molar-refractivity contribution in [3.05, 3.63) is 74.8 Å². The van der Waals surface area contributed by atoms with Crippen LogP contribution in [-0.2, 0) is 6.54 Å². The van der Waals surface area contributed by atoms with Crippen LogP contribution in [0.1, 0.15) is 11.1 Å². The fraction of sp³-hybridized carbons (Fsp3) is 0.0714. The second-order valence-corrected chi connectivity index (χ2v) is 4.33. The summed E-state index contributed by atoms with van der Waals surface area (Å²) in [5, 5.41) is 10.9. The van der Waals surface area contributed by atoms with Gasteiger partial charge in [-0.3, -0.25) is 15.1 Å². The summed E-state index contributed by atoms with van der Waals surface area (Å²) in [4.78, 5) is 14.5. The van der Waals surface area contributed by atoms with E-state index in [1.165, 1.54) is 12.1 Å². The molecule has 0 atom stereocenters. The fourth-order valence-corrected chi connectivity index (χ4v) is 1.78. The van der Waals surface area contributed by atoms with Crippen LogP contribution >= 0.6 is 11.6 Å². The number of hydrogen-bond donors (Lipinski definition) is 0. The van der Waals surface area contributed by atoms with Gasteiger partial charge in [0.15, 0.2) is 0 Å². The van der Waals surface area contributed by atoms with Gasteiger partial charge < -0.3 is 0 Å². The van der Waals surface area contributed by atoms with Crippen molar-refractivity contribution in [2.24, 2.45) is 4.99 Å². The second-order valence-electron chi connectivity index (χ2n) is 3.92. The summed E-state index contributed by atoms with van der Waals surface area (Å²) in [7, 11) is 0. The van der Waals surface area contributed by atoms with E-state index in [9.17, 15) is 10.1 Å². The molecule has 2 rings (SSSR count). The number of benzene rings is 2. The summed E-state index contributed by atoms with van der Waals surface area (Å²) in [6.45, 7) is 0.539. The number of nitrogens with zero attached hydrogens (tertiary/aromatic N) is 2. The van der Waals surface area contributed by atoms with Crippen LogP contribution in [0.4, 0.5) is 5.69 Å². The molecule has 96 valence electrons. The molecule has 5 heteroatoms. The van der Waals surface area contributed by atoms with Gasteiger partial charge >= 0.3 is 0 Å². The van der Waals surface area contributed by atoms with Gasteiger partial charge in [0.25, 0.3) is 5.69 Å². The Morgan fingerprint density at radius 3 is 2.63 bits per heavy atom. The molecule has 2 aromatic carbocycles. The number of aliphatic imine (C=N–C) groups is 1. The lowest BCUT2D eigenvalue weighted by atomic mass is 10.2. The Hall–Kier alpha value is -2.20. The monoisotopic (exact) mass is 274 g/mol. The first-order valence-electron chi connectivity index (χ1n) is 5.64. The van der Waals surface area contributed by atoms with Crippen molar-refractivity contribution in [1.29, 1.82) is 0 Å². The van der Waals surface area contributed by atoms with Crippen LogP contribution in [0.25, 0.3) is 0 Å². The van der Waals surface area contributed by atoms with Gasteiger partial charge in [0.1, 0.15) is 5.02 Å². The number of nitro groups is 1. The molecule has 0 spiro atoms. The smallest absolute Gasteiger partial charge is 0.288 e. The number of nitro benzene ring substituents is 1. The SMILES string of the molecule is O=[N+]([O-])c1cc(C=NCc2ccccc2)ccc1Cl. The molecule has 2 aromatic rings. The minimum atomic E-state index is -0.503. The predicted octanol–water partition coefficient (Wildman–Crippen LogP) is 3.87. The van der Waals surface area contributed by atoms with E-state index in [-0.39, 0.29) is 10.7 Å². The van der Waals surface area contributed by atoms with E-state index < -0.39 is 4.92 Å². The molecular weight excluding hydrogens is 264 g/mol. The average molecular weight is 275 g/mol. The highest BCUT2D eigenvalue weighted by Gasteiger charge is 2.11. The fourth-order valence-electron chi connectivity index (χ4n) is 1.59. The number of rotatable bonds is 4. The van der Waals surface area contributed by atoms with E-state index in [1.807, 2.05) is 30.3 Å². The summed E-state index contributed by atoms with van der Waals surface area (Å²) < 4.78 is 0. The molecular formula is C14H11ClN2O2. The molecule has 0 amide bonds. The van der Waals surface area contributed by atoms with Crippen LogP contribution in [0.15, 0.2) is 53.5 Å². The molecule has 0 aromatic heterocycles. The minimum absolute atomic E-state index is 0.106. The quantitative estimate of drug-likeness (QED) is 0.483. The summed E-state index contributed by atoms with van der Waals surface area (Å²) in [5.74, 6) is 0. The van der Waals surface area contributed by atoms with Crippen molar-refractivity contribution in [2.75, 3.05) is 0 Å². The molecule has 0 N–H and O–H groups in total. The third kappa shape index (κ3) is 3.63. The molecule has 0 heterocycles. The van der Waals surface area contributed by atoms with Crippen molar-refractivity contribution < 1.29 is 4.92 Å². The molecule has 0 aliphatic carbocycles. The van der Waals surface area contributed by atoms with Crippen molar-refractivity contribution in [2.45, 2.75) is 6.54 Å². The van der Waals surface area contributed by atoms with Gasteiger partial charge in [-0.05, 0) is 17.2 Å². The van der Waals surface area contributed by atoms with Gasteiger partial charge in [-0.2, -0.15) is 0 Å². The molecule has 0 saturated carbocycles. The van der Waals surface area contributed by atoms with Crippen LogP contribution in [0.2, 0.25) is 5.02 Å². The van der Waals surface area contributed by atoms with Gasteiger partial charge in [-0.25, -0.2) is 0 Å². The highest BCUT2D eigenvalue weighted by Crippen LogP contribution is 2.24. The van der Waals surface area contributed by atoms with Crippen LogP contribution in [0, 0.1) is 10.1 Å². The first-order chi connectivity index (χ1) is 9.16. The van der Waals surface area contributed by atoms with Crippen molar-refractivity contribution in [3.63, 3.8) is 0 Å². The molecule has 19 heavy (non-hydrogen) atoms. The van der Waals surface area contributed by atoms with Crippen LogP contribution in [0.3, 0.4) is 0 Å². The minimum Gasteiger partial charge on any atom is -0.288 e. The van der Waals surface area contributed by atoms with Gasteiger partial charge in [0, 0.05) is 12.3 Å². The first kappa shape index (κ1) is 13.2. The van der Waals surface area contributed by atoms with Crippen LogP contribution in [-0.4, -0.2) is 11.1 Å².